The molecule has 2 heterocycles. The summed E-state index contributed by atoms with van der Waals surface area (Å²) in [6.45, 7) is 11.9. The molecule has 1 aromatic carbocycles. The first-order valence-electron chi connectivity index (χ1n) is 10.8. The number of hydrogen-bond donors (Lipinski definition) is 0. The van der Waals surface area contributed by atoms with Crippen molar-refractivity contribution in [1.82, 2.24) is 9.80 Å². The predicted molar refractivity (Wildman–Crippen MR) is 112 cm³/mol. The molecule has 0 saturated carbocycles. The number of morpholine rings is 1. The van der Waals surface area contributed by atoms with Gasteiger partial charge in [-0.3, -0.25) is 9.59 Å². The Labute approximate surface area is 174 Å². The van der Waals surface area contributed by atoms with Crippen LogP contribution in [0.3, 0.4) is 0 Å². The number of carbonyl (C=O) groups excluding carboxylic acids is 2. The van der Waals surface area contributed by atoms with Gasteiger partial charge in [0.1, 0.15) is 5.75 Å². The maximum atomic E-state index is 12.9. The molecule has 2 aliphatic rings. The fourth-order valence-electron chi connectivity index (χ4n) is 4.11. The first kappa shape index (κ1) is 21.6. The topological polar surface area (TPSA) is 59.1 Å². The largest absolute Gasteiger partial charge is 0.481 e. The zero-order valence-corrected chi connectivity index (χ0v) is 18.1. The van der Waals surface area contributed by atoms with E-state index >= 15 is 0 Å². The number of aryl methyl sites for hydroxylation is 1. The average Bonchev–Trinajstić information content (AvgIpc) is 2.73. The zero-order chi connectivity index (χ0) is 21.0. The van der Waals surface area contributed by atoms with E-state index in [9.17, 15) is 9.59 Å². The molecule has 160 valence electrons. The maximum absolute atomic E-state index is 12.9. The van der Waals surface area contributed by atoms with Crippen LogP contribution in [0.2, 0.25) is 0 Å². The Bertz CT molecular complexity index is 720. The summed E-state index contributed by atoms with van der Waals surface area (Å²) in [7, 11) is 0. The van der Waals surface area contributed by atoms with Crippen LogP contribution in [0.25, 0.3) is 0 Å². The van der Waals surface area contributed by atoms with Crippen LogP contribution in [-0.2, 0) is 14.3 Å². The molecule has 0 spiro atoms. The van der Waals surface area contributed by atoms with E-state index in [-0.39, 0.29) is 17.7 Å². The number of nitrogens with zero attached hydrogens (tertiary/aromatic N) is 2. The molecular weight excluding hydrogens is 368 g/mol. The minimum atomic E-state index is -0.541. The van der Waals surface area contributed by atoms with Gasteiger partial charge < -0.3 is 19.3 Å². The summed E-state index contributed by atoms with van der Waals surface area (Å²) in [4.78, 5) is 29.4. The molecular formula is C23H34N2O4. The molecule has 2 aliphatic heterocycles. The SMILES string of the molecule is Cc1ccc(C(C)C)c(OC(C)C(=O)N2CCC(C(=O)N3CCOCC3)CC2)c1. The lowest BCUT2D eigenvalue weighted by Gasteiger charge is -2.36. The van der Waals surface area contributed by atoms with Crippen molar-refractivity contribution >= 4 is 11.8 Å². The van der Waals surface area contributed by atoms with Gasteiger partial charge >= 0.3 is 0 Å². The van der Waals surface area contributed by atoms with E-state index in [1.54, 1.807) is 0 Å². The number of carbonyl (C=O) groups is 2. The zero-order valence-electron chi connectivity index (χ0n) is 18.1. The fraction of sp³-hybridized carbons (Fsp3) is 0.652. The molecule has 2 saturated heterocycles. The van der Waals surface area contributed by atoms with E-state index in [0.29, 0.717) is 45.3 Å². The molecule has 0 N–H and O–H groups in total. The summed E-state index contributed by atoms with van der Waals surface area (Å²) in [6, 6.07) is 6.16. The van der Waals surface area contributed by atoms with Gasteiger partial charge in [0.15, 0.2) is 6.10 Å². The molecule has 0 aromatic heterocycles. The number of hydrogen-bond acceptors (Lipinski definition) is 4. The van der Waals surface area contributed by atoms with Gasteiger partial charge in [-0.2, -0.15) is 0 Å². The van der Waals surface area contributed by atoms with Crippen molar-refractivity contribution in [3.05, 3.63) is 29.3 Å². The Morgan fingerprint density at radius 3 is 2.31 bits per heavy atom. The molecule has 1 aromatic rings. The molecule has 2 amide bonds. The van der Waals surface area contributed by atoms with Gasteiger partial charge in [0, 0.05) is 32.1 Å². The van der Waals surface area contributed by atoms with Crippen LogP contribution in [0.1, 0.15) is 50.7 Å². The molecule has 0 aliphatic carbocycles. The highest BCUT2D eigenvalue weighted by molar-refractivity contribution is 5.82. The van der Waals surface area contributed by atoms with E-state index in [0.717, 1.165) is 29.7 Å². The third-order valence-corrected chi connectivity index (χ3v) is 5.92. The number of rotatable bonds is 5. The Kier molecular flexibility index (Phi) is 7.17. The second-order valence-corrected chi connectivity index (χ2v) is 8.49. The van der Waals surface area contributed by atoms with Crippen LogP contribution in [0.5, 0.6) is 5.75 Å². The molecule has 29 heavy (non-hydrogen) atoms. The van der Waals surface area contributed by atoms with Crippen LogP contribution >= 0.6 is 0 Å². The van der Waals surface area contributed by atoms with Gasteiger partial charge in [-0.25, -0.2) is 0 Å². The van der Waals surface area contributed by atoms with Gasteiger partial charge in [0.05, 0.1) is 13.2 Å². The van der Waals surface area contributed by atoms with Gasteiger partial charge in [0.25, 0.3) is 5.91 Å². The lowest BCUT2D eigenvalue weighted by molar-refractivity contribution is -0.145. The summed E-state index contributed by atoms with van der Waals surface area (Å²) >= 11 is 0. The van der Waals surface area contributed by atoms with Crippen molar-refractivity contribution in [3.63, 3.8) is 0 Å². The summed E-state index contributed by atoms with van der Waals surface area (Å²) < 4.78 is 11.4. The molecule has 6 nitrogen and oxygen atoms in total. The number of amides is 2. The lowest BCUT2D eigenvalue weighted by atomic mass is 9.94. The van der Waals surface area contributed by atoms with Crippen molar-refractivity contribution in [3.8, 4) is 5.75 Å². The van der Waals surface area contributed by atoms with E-state index in [4.69, 9.17) is 9.47 Å². The highest BCUT2D eigenvalue weighted by Gasteiger charge is 2.32. The van der Waals surface area contributed by atoms with Crippen LogP contribution in [0.4, 0.5) is 0 Å². The van der Waals surface area contributed by atoms with Crippen molar-refractivity contribution < 1.29 is 19.1 Å². The fourth-order valence-corrected chi connectivity index (χ4v) is 4.11. The number of piperidine rings is 1. The molecule has 1 atom stereocenters. The van der Waals surface area contributed by atoms with E-state index < -0.39 is 6.10 Å². The summed E-state index contributed by atoms with van der Waals surface area (Å²) in [5.41, 5.74) is 2.23. The normalized spacial score (nSPS) is 19.3. The summed E-state index contributed by atoms with van der Waals surface area (Å²) in [5.74, 6) is 1.34. The quantitative estimate of drug-likeness (QED) is 0.760. The predicted octanol–water partition coefficient (Wildman–Crippen LogP) is 2.98. The second-order valence-electron chi connectivity index (χ2n) is 8.49. The number of likely N-dealkylation sites (tertiary alicyclic amines) is 1. The summed E-state index contributed by atoms with van der Waals surface area (Å²) in [6.07, 6.45) is 0.896. The monoisotopic (exact) mass is 402 g/mol. The summed E-state index contributed by atoms with van der Waals surface area (Å²) in [5, 5.41) is 0. The Balaban J connectivity index is 1.55. The smallest absolute Gasteiger partial charge is 0.263 e. The van der Waals surface area contributed by atoms with Gasteiger partial charge in [-0.15, -0.1) is 0 Å². The van der Waals surface area contributed by atoms with Crippen LogP contribution in [0, 0.1) is 12.8 Å². The van der Waals surface area contributed by atoms with Crippen LogP contribution in [-0.4, -0.2) is 67.1 Å². The van der Waals surface area contributed by atoms with Crippen molar-refractivity contribution in [1.29, 1.82) is 0 Å². The van der Waals surface area contributed by atoms with Crippen molar-refractivity contribution in [2.24, 2.45) is 5.92 Å². The number of ether oxygens (including phenoxy) is 2. The molecule has 2 fully saturated rings. The highest BCUT2D eigenvalue weighted by Crippen LogP contribution is 2.29. The van der Waals surface area contributed by atoms with E-state index in [1.807, 2.05) is 29.7 Å². The lowest BCUT2D eigenvalue weighted by Crippen LogP contribution is -2.49. The van der Waals surface area contributed by atoms with Crippen LogP contribution < -0.4 is 4.74 Å². The Morgan fingerprint density at radius 1 is 1.03 bits per heavy atom. The van der Waals surface area contributed by atoms with Crippen molar-refractivity contribution in [2.45, 2.75) is 52.6 Å². The molecule has 6 heteroatoms. The number of benzene rings is 1. The van der Waals surface area contributed by atoms with Crippen LogP contribution in [0.15, 0.2) is 18.2 Å². The standard InChI is InChI=1S/C23H34N2O4/c1-16(2)20-6-5-17(3)15-21(20)29-18(4)22(26)24-9-7-19(8-10-24)23(27)25-11-13-28-14-12-25/h5-6,15-16,18-19H,7-14H2,1-4H3. The van der Waals surface area contributed by atoms with E-state index in [2.05, 4.69) is 26.0 Å². The third-order valence-electron chi connectivity index (χ3n) is 5.92. The highest BCUT2D eigenvalue weighted by atomic mass is 16.5. The molecule has 0 radical (unpaired) electrons. The first-order valence-corrected chi connectivity index (χ1v) is 10.8. The third kappa shape index (κ3) is 5.30. The first-order chi connectivity index (χ1) is 13.9. The van der Waals surface area contributed by atoms with Gasteiger partial charge in [0.2, 0.25) is 5.91 Å². The van der Waals surface area contributed by atoms with Gasteiger partial charge in [-0.1, -0.05) is 26.0 Å². The molecule has 1 unspecified atom stereocenters. The Hall–Kier alpha value is -2.08. The minimum absolute atomic E-state index is 0.00140. The molecule has 3 rings (SSSR count). The van der Waals surface area contributed by atoms with Gasteiger partial charge in [-0.05, 0) is 49.8 Å². The average molecular weight is 403 g/mol. The van der Waals surface area contributed by atoms with E-state index in [1.165, 1.54) is 0 Å². The van der Waals surface area contributed by atoms with Crippen molar-refractivity contribution in [2.75, 3.05) is 39.4 Å². The molecule has 0 bridgehead atoms. The minimum Gasteiger partial charge on any atom is -0.481 e. The Morgan fingerprint density at radius 2 is 1.69 bits per heavy atom. The second kappa shape index (κ2) is 9.61. The maximum Gasteiger partial charge on any atom is 0.263 e.